The summed E-state index contributed by atoms with van der Waals surface area (Å²) < 4.78 is 0. The standard InChI is InChI=1S/C12H26N2O2/c1-8(2)12(6,16)7-13-10(5)11(15)14-9(3)4/h8-10,13,16H,7H2,1-6H3,(H,14,15). The van der Waals surface area contributed by atoms with E-state index in [1.165, 1.54) is 0 Å². The van der Waals surface area contributed by atoms with Crippen molar-refractivity contribution in [3.63, 3.8) is 0 Å². The quantitative estimate of drug-likeness (QED) is 0.635. The number of hydrogen-bond acceptors (Lipinski definition) is 3. The molecule has 0 rings (SSSR count). The van der Waals surface area contributed by atoms with Gasteiger partial charge in [0.25, 0.3) is 0 Å². The van der Waals surface area contributed by atoms with Crippen LogP contribution in [0.15, 0.2) is 0 Å². The van der Waals surface area contributed by atoms with Crippen molar-refractivity contribution in [2.75, 3.05) is 6.54 Å². The van der Waals surface area contributed by atoms with Crippen LogP contribution in [0.4, 0.5) is 0 Å². The second-order valence-corrected chi connectivity index (χ2v) is 5.28. The zero-order chi connectivity index (χ0) is 12.9. The summed E-state index contributed by atoms with van der Waals surface area (Å²) in [5.74, 6) is 0.120. The van der Waals surface area contributed by atoms with Crippen molar-refractivity contribution in [1.82, 2.24) is 10.6 Å². The number of nitrogens with one attached hydrogen (secondary N) is 2. The van der Waals surface area contributed by atoms with Gasteiger partial charge in [0.05, 0.1) is 11.6 Å². The molecule has 0 heterocycles. The van der Waals surface area contributed by atoms with E-state index in [0.717, 1.165) is 0 Å². The molecular weight excluding hydrogens is 204 g/mol. The van der Waals surface area contributed by atoms with Crippen LogP contribution in [-0.2, 0) is 4.79 Å². The Hall–Kier alpha value is -0.610. The second-order valence-electron chi connectivity index (χ2n) is 5.28. The summed E-state index contributed by atoms with van der Waals surface area (Å²) >= 11 is 0. The van der Waals surface area contributed by atoms with E-state index in [1.807, 2.05) is 27.7 Å². The average molecular weight is 230 g/mol. The lowest BCUT2D eigenvalue weighted by Gasteiger charge is -2.29. The maximum atomic E-state index is 11.6. The molecule has 0 spiro atoms. The maximum absolute atomic E-state index is 11.6. The molecule has 0 aliphatic rings. The molecule has 0 saturated carbocycles. The van der Waals surface area contributed by atoms with E-state index >= 15 is 0 Å². The van der Waals surface area contributed by atoms with Gasteiger partial charge in [-0.15, -0.1) is 0 Å². The van der Waals surface area contributed by atoms with Crippen LogP contribution < -0.4 is 10.6 Å². The highest BCUT2D eigenvalue weighted by Gasteiger charge is 2.26. The van der Waals surface area contributed by atoms with Gasteiger partial charge in [-0.2, -0.15) is 0 Å². The summed E-state index contributed by atoms with van der Waals surface area (Å²) in [6.45, 7) is 11.8. The third-order valence-electron chi connectivity index (χ3n) is 2.83. The molecule has 0 radical (unpaired) electrons. The topological polar surface area (TPSA) is 61.4 Å². The minimum atomic E-state index is -0.785. The second kappa shape index (κ2) is 6.21. The van der Waals surface area contributed by atoms with Gasteiger partial charge in [-0.1, -0.05) is 13.8 Å². The molecule has 16 heavy (non-hydrogen) atoms. The van der Waals surface area contributed by atoms with Gasteiger partial charge >= 0.3 is 0 Å². The minimum Gasteiger partial charge on any atom is -0.389 e. The Kier molecular flexibility index (Phi) is 5.97. The maximum Gasteiger partial charge on any atom is 0.237 e. The van der Waals surface area contributed by atoms with Gasteiger partial charge in [0, 0.05) is 12.6 Å². The van der Waals surface area contributed by atoms with Crippen molar-refractivity contribution >= 4 is 5.91 Å². The molecule has 0 fully saturated rings. The van der Waals surface area contributed by atoms with Crippen molar-refractivity contribution in [3.05, 3.63) is 0 Å². The van der Waals surface area contributed by atoms with E-state index in [-0.39, 0.29) is 23.9 Å². The zero-order valence-electron chi connectivity index (χ0n) is 11.3. The molecule has 0 aromatic carbocycles. The van der Waals surface area contributed by atoms with Gasteiger partial charge in [-0.05, 0) is 33.6 Å². The van der Waals surface area contributed by atoms with E-state index in [0.29, 0.717) is 6.54 Å². The first-order valence-electron chi connectivity index (χ1n) is 5.93. The number of carbonyl (C=O) groups excluding carboxylic acids is 1. The largest absolute Gasteiger partial charge is 0.389 e. The van der Waals surface area contributed by atoms with E-state index in [4.69, 9.17) is 0 Å². The molecule has 0 saturated heterocycles. The van der Waals surface area contributed by atoms with Crippen LogP contribution in [0.2, 0.25) is 0 Å². The Morgan fingerprint density at radius 3 is 2.12 bits per heavy atom. The third kappa shape index (κ3) is 5.47. The van der Waals surface area contributed by atoms with Crippen LogP contribution in [0.25, 0.3) is 0 Å². The highest BCUT2D eigenvalue weighted by molar-refractivity contribution is 5.81. The van der Waals surface area contributed by atoms with Gasteiger partial charge in [0.15, 0.2) is 0 Å². The lowest BCUT2D eigenvalue weighted by Crippen LogP contribution is -2.50. The van der Waals surface area contributed by atoms with Crippen LogP contribution in [0.3, 0.4) is 0 Å². The number of rotatable bonds is 6. The first kappa shape index (κ1) is 15.4. The van der Waals surface area contributed by atoms with E-state index < -0.39 is 5.60 Å². The van der Waals surface area contributed by atoms with Gasteiger partial charge in [0.1, 0.15) is 0 Å². The van der Waals surface area contributed by atoms with Crippen LogP contribution in [0.1, 0.15) is 41.5 Å². The first-order valence-corrected chi connectivity index (χ1v) is 5.93. The van der Waals surface area contributed by atoms with E-state index in [2.05, 4.69) is 10.6 Å². The third-order valence-corrected chi connectivity index (χ3v) is 2.83. The Bertz CT molecular complexity index is 225. The van der Waals surface area contributed by atoms with E-state index in [9.17, 15) is 9.90 Å². The molecule has 0 bridgehead atoms. The Labute approximate surface area is 98.8 Å². The van der Waals surface area contributed by atoms with Gasteiger partial charge in [-0.3, -0.25) is 4.79 Å². The van der Waals surface area contributed by atoms with Crippen LogP contribution >= 0.6 is 0 Å². The van der Waals surface area contributed by atoms with Gasteiger partial charge < -0.3 is 15.7 Å². The molecule has 2 unspecified atom stereocenters. The predicted molar refractivity (Wildman–Crippen MR) is 66.2 cm³/mol. The highest BCUT2D eigenvalue weighted by Crippen LogP contribution is 2.14. The first-order chi connectivity index (χ1) is 7.16. The van der Waals surface area contributed by atoms with Crippen molar-refractivity contribution in [2.45, 2.75) is 59.2 Å². The number of amides is 1. The van der Waals surface area contributed by atoms with Gasteiger partial charge in [0.2, 0.25) is 5.91 Å². The summed E-state index contributed by atoms with van der Waals surface area (Å²) in [5, 5.41) is 15.9. The molecule has 4 heteroatoms. The predicted octanol–water partition coefficient (Wildman–Crippen LogP) is 0.896. The minimum absolute atomic E-state index is 0.0328. The molecular formula is C12H26N2O2. The van der Waals surface area contributed by atoms with Crippen LogP contribution in [0, 0.1) is 5.92 Å². The Morgan fingerprint density at radius 1 is 1.25 bits per heavy atom. The highest BCUT2D eigenvalue weighted by atomic mass is 16.3. The smallest absolute Gasteiger partial charge is 0.237 e. The monoisotopic (exact) mass is 230 g/mol. The number of carbonyl (C=O) groups is 1. The zero-order valence-corrected chi connectivity index (χ0v) is 11.3. The van der Waals surface area contributed by atoms with Crippen LogP contribution in [-0.4, -0.2) is 35.2 Å². The molecule has 3 N–H and O–H groups in total. The summed E-state index contributed by atoms with van der Waals surface area (Å²) in [5.41, 5.74) is -0.785. The number of aliphatic hydroxyl groups is 1. The van der Waals surface area contributed by atoms with E-state index in [1.54, 1.807) is 13.8 Å². The molecule has 0 aliphatic carbocycles. The lowest BCUT2D eigenvalue weighted by atomic mass is 9.92. The van der Waals surface area contributed by atoms with Crippen molar-refractivity contribution in [3.8, 4) is 0 Å². The van der Waals surface area contributed by atoms with Crippen molar-refractivity contribution in [2.24, 2.45) is 5.92 Å². The Morgan fingerprint density at radius 2 is 1.75 bits per heavy atom. The number of hydrogen-bond donors (Lipinski definition) is 3. The normalized spacial score (nSPS) is 17.3. The molecule has 1 amide bonds. The Balaban J connectivity index is 4.07. The van der Waals surface area contributed by atoms with Crippen molar-refractivity contribution < 1.29 is 9.90 Å². The average Bonchev–Trinajstić information content (AvgIpc) is 2.12. The van der Waals surface area contributed by atoms with Crippen molar-refractivity contribution in [1.29, 1.82) is 0 Å². The lowest BCUT2D eigenvalue weighted by molar-refractivity contribution is -0.123. The van der Waals surface area contributed by atoms with Gasteiger partial charge in [-0.25, -0.2) is 0 Å². The fourth-order valence-electron chi connectivity index (χ4n) is 1.07. The SMILES string of the molecule is CC(C)NC(=O)C(C)NCC(C)(O)C(C)C. The molecule has 0 aliphatic heterocycles. The van der Waals surface area contributed by atoms with Crippen LogP contribution in [0.5, 0.6) is 0 Å². The molecule has 96 valence electrons. The molecule has 0 aromatic heterocycles. The summed E-state index contributed by atoms with van der Waals surface area (Å²) in [7, 11) is 0. The summed E-state index contributed by atoms with van der Waals surface area (Å²) in [6.07, 6.45) is 0. The molecule has 2 atom stereocenters. The fourth-order valence-corrected chi connectivity index (χ4v) is 1.07. The fraction of sp³-hybridized carbons (Fsp3) is 0.917. The molecule has 4 nitrogen and oxygen atoms in total. The molecule has 0 aromatic rings. The summed E-state index contributed by atoms with van der Waals surface area (Å²) in [4.78, 5) is 11.6. The summed E-state index contributed by atoms with van der Waals surface area (Å²) in [6, 6.07) is -0.144.